The highest BCUT2D eigenvalue weighted by atomic mass is 16.5. The van der Waals surface area contributed by atoms with Crippen molar-refractivity contribution < 1.29 is 14.3 Å². The van der Waals surface area contributed by atoms with Gasteiger partial charge in [-0.2, -0.15) is 0 Å². The van der Waals surface area contributed by atoms with Gasteiger partial charge in [-0.1, -0.05) is 48.5 Å². The van der Waals surface area contributed by atoms with E-state index in [1.807, 2.05) is 60.7 Å². The molecule has 0 spiro atoms. The predicted octanol–water partition coefficient (Wildman–Crippen LogP) is 3.26. The third-order valence-corrected chi connectivity index (χ3v) is 3.47. The van der Waals surface area contributed by atoms with Gasteiger partial charge in [0.2, 0.25) is 0 Å². The number of esters is 1. The van der Waals surface area contributed by atoms with Gasteiger partial charge in [0.25, 0.3) is 0 Å². The summed E-state index contributed by atoms with van der Waals surface area (Å²) in [5.41, 5.74) is 2.22. The molecule has 120 valence electrons. The summed E-state index contributed by atoms with van der Waals surface area (Å²) < 4.78 is 9.82. The van der Waals surface area contributed by atoms with Crippen molar-refractivity contribution in [2.45, 2.75) is 12.6 Å². The van der Waals surface area contributed by atoms with Crippen LogP contribution in [0.25, 0.3) is 0 Å². The van der Waals surface area contributed by atoms with Crippen molar-refractivity contribution in [3.05, 3.63) is 77.9 Å². The maximum absolute atomic E-state index is 11.3. The summed E-state index contributed by atoms with van der Waals surface area (Å²) in [6, 6.07) is 17.8. The Morgan fingerprint density at radius 3 is 2.39 bits per heavy atom. The lowest BCUT2D eigenvalue weighted by Crippen LogP contribution is -2.19. The van der Waals surface area contributed by atoms with E-state index in [1.165, 1.54) is 13.2 Å². The predicted molar refractivity (Wildman–Crippen MR) is 90.2 cm³/mol. The highest BCUT2D eigenvalue weighted by Crippen LogP contribution is 2.16. The average Bonchev–Trinajstić information content (AvgIpc) is 2.62. The zero-order valence-corrected chi connectivity index (χ0v) is 13.4. The summed E-state index contributed by atoms with van der Waals surface area (Å²) in [6.07, 6.45) is 3.25. The Bertz CT molecular complexity index is 635. The monoisotopic (exact) mass is 311 g/mol. The van der Waals surface area contributed by atoms with E-state index in [0.29, 0.717) is 6.54 Å². The molecule has 1 N–H and O–H groups in total. The van der Waals surface area contributed by atoms with E-state index in [4.69, 9.17) is 4.74 Å². The van der Waals surface area contributed by atoms with Crippen LogP contribution in [-0.4, -0.2) is 20.2 Å². The molecule has 23 heavy (non-hydrogen) atoms. The average molecular weight is 311 g/mol. The lowest BCUT2D eigenvalue weighted by Gasteiger charge is -2.16. The molecule has 2 aromatic rings. The third kappa shape index (κ3) is 5.27. The topological polar surface area (TPSA) is 47.6 Å². The minimum atomic E-state index is -0.364. The molecule has 0 saturated heterocycles. The molecule has 4 nitrogen and oxygen atoms in total. The van der Waals surface area contributed by atoms with E-state index >= 15 is 0 Å². The first-order valence-electron chi connectivity index (χ1n) is 7.40. The number of hydrogen-bond donors (Lipinski definition) is 1. The highest BCUT2D eigenvalue weighted by molar-refractivity contribution is 5.81. The van der Waals surface area contributed by atoms with Crippen LogP contribution < -0.4 is 10.1 Å². The molecule has 1 atom stereocenters. The van der Waals surface area contributed by atoms with Gasteiger partial charge in [-0.25, -0.2) is 4.79 Å². The fourth-order valence-corrected chi connectivity index (χ4v) is 2.17. The molecule has 2 rings (SSSR count). The van der Waals surface area contributed by atoms with Gasteiger partial charge in [0.15, 0.2) is 0 Å². The number of benzene rings is 2. The van der Waals surface area contributed by atoms with Crippen molar-refractivity contribution in [2.75, 3.05) is 14.2 Å². The number of ether oxygens (including phenoxy) is 2. The van der Waals surface area contributed by atoms with E-state index in [0.717, 1.165) is 16.9 Å². The first-order chi connectivity index (χ1) is 11.2. The van der Waals surface area contributed by atoms with Gasteiger partial charge in [-0.05, 0) is 23.3 Å². The van der Waals surface area contributed by atoms with Gasteiger partial charge in [0.05, 0.1) is 20.3 Å². The number of carbonyl (C=O) groups is 1. The molecular weight excluding hydrogens is 290 g/mol. The van der Waals surface area contributed by atoms with Crippen molar-refractivity contribution >= 4 is 5.97 Å². The number of nitrogens with one attached hydrogen (secondary N) is 1. The largest absolute Gasteiger partial charge is 0.497 e. The zero-order valence-electron chi connectivity index (χ0n) is 13.4. The second-order valence-corrected chi connectivity index (χ2v) is 5.00. The normalized spacial score (nSPS) is 12.1. The summed E-state index contributed by atoms with van der Waals surface area (Å²) in [6.45, 7) is 0.676. The van der Waals surface area contributed by atoms with Crippen LogP contribution in [-0.2, 0) is 16.1 Å². The summed E-state index contributed by atoms with van der Waals surface area (Å²) in [4.78, 5) is 11.3. The SMILES string of the molecule is COC(=O)/C=C/[C@@H](NCc1ccc(OC)cc1)c1ccccc1. The molecule has 0 aromatic heterocycles. The summed E-state index contributed by atoms with van der Waals surface area (Å²) in [5, 5.41) is 3.43. The second kappa shape index (κ2) is 8.76. The fourth-order valence-electron chi connectivity index (χ4n) is 2.17. The Balaban J connectivity index is 2.07. The van der Waals surface area contributed by atoms with Crippen LogP contribution in [0.1, 0.15) is 17.2 Å². The standard InChI is InChI=1S/C19H21NO3/c1-22-17-10-8-15(9-11-17)14-20-18(12-13-19(21)23-2)16-6-4-3-5-7-16/h3-13,18,20H,14H2,1-2H3/b13-12+/t18-/m1/s1. The molecule has 0 heterocycles. The van der Waals surface area contributed by atoms with E-state index in [-0.39, 0.29) is 12.0 Å². The van der Waals surface area contributed by atoms with Crippen LogP contribution in [0.5, 0.6) is 5.75 Å². The van der Waals surface area contributed by atoms with E-state index < -0.39 is 0 Å². The first kappa shape index (κ1) is 16.8. The first-order valence-corrected chi connectivity index (χ1v) is 7.40. The van der Waals surface area contributed by atoms with Gasteiger partial charge in [0, 0.05) is 12.6 Å². The molecule has 0 saturated carbocycles. The van der Waals surface area contributed by atoms with Crippen LogP contribution in [0.15, 0.2) is 66.7 Å². The molecule has 0 fully saturated rings. The molecule has 0 aliphatic rings. The molecule has 0 aliphatic heterocycles. The van der Waals surface area contributed by atoms with Crippen LogP contribution in [0, 0.1) is 0 Å². The van der Waals surface area contributed by atoms with Crippen molar-refractivity contribution in [1.29, 1.82) is 0 Å². The zero-order chi connectivity index (χ0) is 16.5. The minimum absolute atomic E-state index is 0.0719. The second-order valence-electron chi connectivity index (χ2n) is 5.00. The van der Waals surface area contributed by atoms with Gasteiger partial charge in [0.1, 0.15) is 5.75 Å². The Morgan fingerprint density at radius 2 is 1.78 bits per heavy atom. The summed E-state index contributed by atoms with van der Waals surface area (Å²) in [5.74, 6) is 0.469. The quantitative estimate of drug-likeness (QED) is 0.630. The summed E-state index contributed by atoms with van der Waals surface area (Å²) >= 11 is 0. The minimum Gasteiger partial charge on any atom is -0.497 e. The van der Waals surface area contributed by atoms with E-state index in [1.54, 1.807) is 7.11 Å². The molecule has 4 heteroatoms. The van der Waals surface area contributed by atoms with Crippen LogP contribution in [0.4, 0.5) is 0 Å². The number of hydrogen-bond acceptors (Lipinski definition) is 4. The molecular formula is C19H21NO3. The van der Waals surface area contributed by atoms with Crippen molar-refractivity contribution in [3.8, 4) is 5.75 Å². The smallest absolute Gasteiger partial charge is 0.330 e. The van der Waals surface area contributed by atoms with Crippen molar-refractivity contribution in [3.63, 3.8) is 0 Å². The maximum atomic E-state index is 11.3. The summed E-state index contributed by atoms with van der Waals surface area (Å²) in [7, 11) is 3.02. The van der Waals surface area contributed by atoms with Gasteiger partial charge >= 0.3 is 5.97 Å². The Hall–Kier alpha value is -2.59. The van der Waals surface area contributed by atoms with Gasteiger partial charge in [-0.15, -0.1) is 0 Å². The highest BCUT2D eigenvalue weighted by Gasteiger charge is 2.08. The van der Waals surface area contributed by atoms with Crippen molar-refractivity contribution in [1.82, 2.24) is 5.32 Å². The Morgan fingerprint density at radius 1 is 1.09 bits per heavy atom. The number of methoxy groups -OCH3 is 2. The Labute approximate surface area is 136 Å². The molecule has 0 amide bonds. The lowest BCUT2D eigenvalue weighted by atomic mass is 10.1. The van der Waals surface area contributed by atoms with Crippen LogP contribution in [0.2, 0.25) is 0 Å². The number of rotatable bonds is 7. The third-order valence-electron chi connectivity index (χ3n) is 3.47. The molecule has 0 unspecified atom stereocenters. The molecule has 0 aliphatic carbocycles. The van der Waals surface area contributed by atoms with Gasteiger partial charge < -0.3 is 14.8 Å². The van der Waals surface area contributed by atoms with Crippen LogP contribution >= 0.6 is 0 Å². The van der Waals surface area contributed by atoms with E-state index in [2.05, 4.69) is 10.1 Å². The molecule has 0 radical (unpaired) electrons. The molecule has 0 bridgehead atoms. The maximum Gasteiger partial charge on any atom is 0.330 e. The molecule has 2 aromatic carbocycles. The van der Waals surface area contributed by atoms with Crippen molar-refractivity contribution in [2.24, 2.45) is 0 Å². The number of carbonyl (C=O) groups excluding carboxylic acids is 1. The fraction of sp³-hybridized carbons (Fsp3) is 0.211. The lowest BCUT2D eigenvalue weighted by molar-refractivity contribution is -0.134. The van der Waals surface area contributed by atoms with E-state index in [9.17, 15) is 4.79 Å². The van der Waals surface area contributed by atoms with Gasteiger partial charge in [-0.3, -0.25) is 0 Å². The van der Waals surface area contributed by atoms with Crippen LogP contribution in [0.3, 0.4) is 0 Å². The Kier molecular flexibility index (Phi) is 6.39.